The van der Waals surface area contributed by atoms with Crippen LogP contribution in [0.2, 0.25) is 0 Å². The lowest BCUT2D eigenvalue weighted by Crippen LogP contribution is -2.38. The molecule has 5 heteroatoms. The summed E-state index contributed by atoms with van der Waals surface area (Å²) in [6.45, 7) is 0. The molecule has 0 spiro atoms. The number of esters is 1. The first-order valence-electron chi connectivity index (χ1n) is 7.26. The average molecular weight is 328 g/mol. The van der Waals surface area contributed by atoms with Crippen molar-refractivity contribution in [2.24, 2.45) is 11.8 Å². The summed E-state index contributed by atoms with van der Waals surface area (Å²) in [6.07, 6.45) is 10.8. The molecule has 0 saturated heterocycles. The minimum absolute atomic E-state index is 0.0556. The Kier molecular flexibility index (Phi) is 5.68. The Balaban J connectivity index is 1.97. The van der Waals surface area contributed by atoms with Crippen molar-refractivity contribution in [1.29, 1.82) is 0 Å². The smallest absolute Gasteiger partial charge is 0.358 e. The van der Waals surface area contributed by atoms with Crippen molar-refractivity contribution in [3.05, 3.63) is 0 Å². The lowest BCUT2D eigenvalue weighted by molar-refractivity contribution is -0.154. The molecule has 0 N–H and O–H groups in total. The molecule has 0 aromatic carbocycles. The van der Waals surface area contributed by atoms with Gasteiger partial charge in [-0.3, -0.25) is 0 Å². The van der Waals surface area contributed by atoms with Crippen LogP contribution in [0.4, 0.5) is 0 Å². The van der Waals surface area contributed by atoms with Gasteiger partial charge in [0.15, 0.2) is 0 Å². The molecule has 0 heterocycles. The van der Waals surface area contributed by atoms with E-state index in [1.54, 1.807) is 0 Å². The number of carbonyl (C=O) groups is 1. The van der Waals surface area contributed by atoms with E-state index in [-0.39, 0.29) is 6.10 Å². The van der Waals surface area contributed by atoms with Crippen LogP contribution in [0.25, 0.3) is 0 Å². The molecule has 2 saturated carbocycles. The maximum Gasteiger partial charge on any atom is 0.358 e. The molecule has 0 aliphatic heterocycles. The van der Waals surface area contributed by atoms with Gasteiger partial charge in [0, 0.05) is 0 Å². The Bertz CT molecular complexity index is 308. The second-order valence-electron chi connectivity index (χ2n) is 5.79. The second kappa shape index (κ2) is 6.87. The number of ether oxygens (including phenoxy) is 1. The molecular weight excluding hydrogens is 307 g/mol. The summed E-state index contributed by atoms with van der Waals surface area (Å²) in [4.78, 5) is 11.7. The fraction of sp³-hybridized carbons (Fsp3) is 0.929. The third-order valence-electron chi connectivity index (χ3n) is 4.50. The van der Waals surface area contributed by atoms with Gasteiger partial charge in [-0.2, -0.15) is 0 Å². The summed E-state index contributed by atoms with van der Waals surface area (Å²) in [6, 6.07) is 0. The molecule has 2 atom stereocenters. The topological polar surface area (TPSA) is 26.3 Å². The maximum absolute atomic E-state index is 11.7. The van der Waals surface area contributed by atoms with Gasteiger partial charge in [-0.25, -0.2) is 4.79 Å². The van der Waals surface area contributed by atoms with Crippen LogP contribution in [-0.2, 0) is 9.53 Å². The quantitative estimate of drug-likeness (QED) is 0.524. The molecule has 2 unspecified atom stereocenters. The highest BCUT2D eigenvalue weighted by Crippen LogP contribution is 2.40. The zero-order chi connectivity index (χ0) is 13.9. The van der Waals surface area contributed by atoms with Gasteiger partial charge in [0.25, 0.3) is 3.79 Å². The minimum atomic E-state index is -1.95. The van der Waals surface area contributed by atoms with Gasteiger partial charge in [0.05, 0.1) is 0 Å². The van der Waals surface area contributed by atoms with Gasteiger partial charge in [-0.05, 0) is 31.1 Å². The van der Waals surface area contributed by atoms with Crippen LogP contribution >= 0.6 is 34.8 Å². The van der Waals surface area contributed by atoms with Crippen molar-refractivity contribution < 1.29 is 9.53 Å². The van der Waals surface area contributed by atoms with E-state index in [9.17, 15) is 4.79 Å². The molecule has 0 aromatic rings. The average Bonchev–Trinajstić information content (AvgIpc) is 2.39. The van der Waals surface area contributed by atoms with Gasteiger partial charge in [-0.15, -0.1) is 0 Å². The van der Waals surface area contributed by atoms with Crippen LogP contribution in [0.5, 0.6) is 0 Å². The van der Waals surface area contributed by atoms with Crippen molar-refractivity contribution in [1.82, 2.24) is 0 Å². The molecule has 2 rings (SSSR count). The summed E-state index contributed by atoms with van der Waals surface area (Å²) in [5.41, 5.74) is 0. The Hall–Kier alpha value is 0.340. The Labute approximate surface area is 130 Å². The number of rotatable bonds is 2. The van der Waals surface area contributed by atoms with Crippen molar-refractivity contribution in [2.45, 2.75) is 67.7 Å². The predicted molar refractivity (Wildman–Crippen MR) is 78.7 cm³/mol. The lowest BCUT2D eigenvalue weighted by atomic mass is 9.72. The highest BCUT2D eigenvalue weighted by Gasteiger charge is 2.39. The molecule has 2 aliphatic carbocycles. The fourth-order valence-electron chi connectivity index (χ4n) is 3.58. The molecule has 110 valence electrons. The molecule has 2 fully saturated rings. The standard InChI is InChI=1S/C14H21Cl3O2/c15-14(16,17)13(18)19-12-9-5-4-8-11(12)10-6-2-1-3-7-10/h10-12H,1-9H2. The van der Waals surface area contributed by atoms with Crippen LogP contribution in [-0.4, -0.2) is 15.9 Å². The maximum atomic E-state index is 11.7. The Morgan fingerprint density at radius 2 is 1.47 bits per heavy atom. The number of carbonyl (C=O) groups excluding carboxylic acids is 1. The van der Waals surface area contributed by atoms with Gasteiger partial charge >= 0.3 is 5.97 Å². The molecule has 2 aliphatic rings. The van der Waals surface area contributed by atoms with E-state index in [0.29, 0.717) is 11.8 Å². The van der Waals surface area contributed by atoms with Crippen LogP contribution in [0.15, 0.2) is 0 Å². The third-order valence-corrected chi connectivity index (χ3v) is 4.96. The van der Waals surface area contributed by atoms with Gasteiger partial charge in [0.2, 0.25) is 0 Å². The van der Waals surface area contributed by atoms with Crippen molar-refractivity contribution in [2.75, 3.05) is 0 Å². The zero-order valence-corrected chi connectivity index (χ0v) is 13.3. The molecular formula is C14H21Cl3O2. The zero-order valence-electron chi connectivity index (χ0n) is 11.0. The van der Waals surface area contributed by atoms with Crippen LogP contribution < -0.4 is 0 Å². The predicted octanol–water partition coefficient (Wildman–Crippen LogP) is 5.04. The largest absolute Gasteiger partial charge is 0.459 e. The van der Waals surface area contributed by atoms with Crippen LogP contribution in [0, 0.1) is 11.8 Å². The van der Waals surface area contributed by atoms with Crippen LogP contribution in [0.3, 0.4) is 0 Å². The highest BCUT2D eigenvalue weighted by atomic mass is 35.6. The van der Waals surface area contributed by atoms with Gasteiger partial charge in [0.1, 0.15) is 6.10 Å². The van der Waals surface area contributed by atoms with E-state index >= 15 is 0 Å². The Morgan fingerprint density at radius 3 is 2.11 bits per heavy atom. The molecule has 0 radical (unpaired) electrons. The summed E-state index contributed by atoms with van der Waals surface area (Å²) >= 11 is 16.8. The van der Waals surface area contributed by atoms with E-state index in [0.717, 1.165) is 19.3 Å². The normalized spacial score (nSPS) is 30.1. The third kappa shape index (κ3) is 4.41. The summed E-state index contributed by atoms with van der Waals surface area (Å²) in [5, 5.41) is 0. The second-order valence-corrected chi connectivity index (χ2v) is 8.07. The Morgan fingerprint density at radius 1 is 0.895 bits per heavy atom. The number of hydrogen-bond acceptors (Lipinski definition) is 2. The molecule has 0 aromatic heterocycles. The molecule has 0 amide bonds. The van der Waals surface area contributed by atoms with E-state index in [2.05, 4.69) is 0 Å². The fourth-order valence-corrected chi connectivity index (χ4v) is 3.71. The first-order chi connectivity index (χ1) is 8.98. The molecule has 19 heavy (non-hydrogen) atoms. The van der Waals surface area contributed by atoms with E-state index in [1.165, 1.54) is 38.5 Å². The van der Waals surface area contributed by atoms with Gasteiger partial charge in [-0.1, -0.05) is 73.3 Å². The van der Waals surface area contributed by atoms with E-state index < -0.39 is 9.76 Å². The van der Waals surface area contributed by atoms with Crippen molar-refractivity contribution in [3.8, 4) is 0 Å². The number of hydrogen-bond donors (Lipinski definition) is 0. The lowest BCUT2D eigenvalue weighted by Gasteiger charge is -2.38. The van der Waals surface area contributed by atoms with Gasteiger partial charge < -0.3 is 4.74 Å². The number of halogens is 3. The van der Waals surface area contributed by atoms with Crippen molar-refractivity contribution in [3.63, 3.8) is 0 Å². The molecule has 2 nitrogen and oxygen atoms in total. The molecule has 0 bridgehead atoms. The number of alkyl halides is 3. The summed E-state index contributed by atoms with van der Waals surface area (Å²) < 4.78 is 3.54. The monoisotopic (exact) mass is 326 g/mol. The first kappa shape index (κ1) is 15.7. The van der Waals surface area contributed by atoms with E-state index in [1.807, 2.05) is 0 Å². The minimum Gasteiger partial charge on any atom is -0.459 e. The van der Waals surface area contributed by atoms with E-state index in [4.69, 9.17) is 39.5 Å². The van der Waals surface area contributed by atoms with Crippen LogP contribution in [0.1, 0.15) is 57.8 Å². The van der Waals surface area contributed by atoms with Crippen molar-refractivity contribution >= 4 is 40.8 Å². The highest BCUT2D eigenvalue weighted by molar-refractivity contribution is 6.75. The summed E-state index contributed by atoms with van der Waals surface area (Å²) in [5.74, 6) is 0.429. The first-order valence-corrected chi connectivity index (χ1v) is 8.39. The SMILES string of the molecule is O=C(OC1CCCCC1C1CCCCC1)C(Cl)(Cl)Cl. The summed E-state index contributed by atoms with van der Waals surface area (Å²) in [7, 11) is 0.